The molecule has 0 amide bonds. The summed E-state index contributed by atoms with van der Waals surface area (Å²) in [5.41, 5.74) is 1.69. The minimum Gasteiger partial charge on any atom is -1.00 e. The van der Waals surface area contributed by atoms with Crippen molar-refractivity contribution in [1.29, 1.82) is 0 Å². The molecular formula is C25H29Cl2FN2O2-2. The van der Waals surface area contributed by atoms with Gasteiger partial charge in [-0.1, -0.05) is 48.5 Å². The average Bonchev–Trinajstić information content (AvgIpc) is 2.79. The first-order valence-electron chi connectivity index (χ1n) is 10.7. The molecule has 3 aromatic carbocycles. The van der Waals surface area contributed by atoms with Crippen molar-refractivity contribution in [3.63, 3.8) is 0 Å². The van der Waals surface area contributed by atoms with E-state index in [-0.39, 0.29) is 37.2 Å². The Bertz CT molecular complexity index is 968. The summed E-state index contributed by atoms with van der Waals surface area (Å²) in [4.78, 5) is 2.45. The van der Waals surface area contributed by atoms with Crippen LogP contribution < -0.4 is 34.9 Å². The van der Waals surface area contributed by atoms with Crippen molar-refractivity contribution in [2.75, 3.05) is 39.4 Å². The Balaban J connectivity index is 0.00000181. The van der Waals surface area contributed by atoms with E-state index in [1.807, 2.05) is 24.3 Å². The van der Waals surface area contributed by atoms with Gasteiger partial charge in [-0.05, 0) is 42.4 Å². The van der Waals surface area contributed by atoms with Crippen molar-refractivity contribution in [2.24, 2.45) is 0 Å². The molecule has 1 aliphatic heterocycles. The third-order valence-electron chi connectivity index (χ3n) is 5.57. The van der Waals surface area contributed by atoms with Gasteiger partial charge in [0.15, 0.2) is 0 Å². The summed E-state index contributed by atoms with van der Waals surface area (Å²) in [5, 5.41) is 5.92. The Labute approximate surface area is 201 Å². The smallest absolute Gasteiger partial charge is 0.129 e. The molecule has 0 aliphatic carbocycles. The second-order valence-electron chi connectivity index (χ2n) is 7.63. The Morgan fingerprint density at radius 2 is 1.69 bits per heavy atom. The standard InChI is InChI=1S/C25H29FN2O2.2ClH/c26-24-9-4-2-7-21(24)19-30-25-11-10-20-6-1-3-8-22(20)23(25)18-27-12-5-13-28-14-16-29-17-15-28;;/h1-4,6-11,27H,5,12-19H2;2*1H/p-2. The third-order valence-corrected chi connectivity index (χ3v) is 5.57. The molecule has 1 N–H and O–H groups in total. The molecule has 0 spiro atoms. The largest absolute Gasteiger partial charge is 1.00 e. The van der Waals surface area contributed by atoms with Crippen molar-refractivity contribution in [3.05, 3.63) is 77.6 Å². The van der Waals surface area contributed by atoms with Crippen LogP contribution in [0.5, 0.6) is 5.75 Å². The lowest BCUT2D eigenvalue weighted by molar-refractivity contribution is -0.001000. The van der Waals surface area contributed by atoms with Crippen LogP contribution in [-0.2, 0) is 17.9 Å². The van der Waals surface area contributed by atoms with Gasteiger partial charge in [-0.25, -0.2) is 4.39 Å². The SMILES string of the molecule is Fc1ccccc1COc1ccc2ccccc2c1CNCCCN1CCOCC1.[Cl-].[Cl-]. The molecule has 0 saturated carbocycles. The van der Waals surface area contributed by atoms with E-state index in [2.05, 4.69) is 28.4 Å². The van der Waals surface area contributed by atoms with E-state index in [4.69, 9.17) is 9.47 Å². The van der Waals surface area contributed by atoms with Gasteiger partial charge in [0.2, 0.25) is 0 Å². The van der Waals surface area contributed by atoms with Gasteiger partial charge in [0, 0.05) is 30.8 Å². The normalized spacial score (nSPS) is 13.9. The van der Waals surface area contributed by atoms with Crippen molar-refractivity contribution < 1.29 is 38.7 Å². The molecule has 1 aliphatic rings. The van der Waals surface area contributed by atoms with Crippen molar-refractivity contribution in [2.45, 2.75) is 19.6 Å². The fraction of sp³-hybridized carbons (Fsp3) is 0.360. The van der Waals surface area contributed by atoms with Gasteiger partial charge in [0.1, 0.15) is 18.2 Å². The van der Waals surface area contributed by atoms with Crippen molar-refractivity contribution in [3.8, 4) is 5.75 Å². The third kappa shape index (κ3) is 7.06. The van der Waals surface area contributed by atoms with Gasteiger partial charge in [0.25, 0.3) is 0 Å². The van der Waals surface area contributed by atoms with Gasteiger partial charge in [-0.2, -0.15) is 0 Å². The first kappa shape index (κ1) is 26.4. The van der Waals surface area contributed by atoms with Crippen LogP contribution in [0.4, 0.5) is 4.39 Å². The summed E-state index contributed by atoms with van der Waals surface area (Å²) < 4.78 is 25.5. The second kappa shape index (κ2) is 13.6. The fourth-order valence-electron chi connectivity index (χ4n) is 3.87. The molecule has 1 fully saturated rings. The molecule has 4 rings (SSSR count). The lowest BCUT2D eigenvalue weighted by Gasteiger charge is -2.26. The highest BCUT2D eigenvalue weighted by molar-refractivity contribution is 5.87. The maximum atomic E-state index is 14.0. The number of fused-ring (bicyclic) bond motifs is 1. The van der Waals surface area contributed by atoms with Crippen LogP contribution in [0.3, 0.4) is 0 Å². The first-order chi connectivity index (χ1) is 14.8. The van der Waals surface area contributed by atoms with Gasteiger partial charge < -0.3 is 39.6 Å². The van der Waals surface area contributed by atoms with Crippen LogP contribution in [0.2, 0.25) is 0 Å². The van der Waals surface area contributed by atoms with E-state index in [0.29, 0.717) is 5.56 Å². The minimum atomic E-state index is -0.235. The molecule has 4 nitrogen and oxygen atoms in total. The van der Waals surface area contributed by atoms with Gasteiger partial charge >= 0.3 is 0 Å². The molecule has 3 aromatic rings. The molecule has 0 atom stereocenters. The number of ether oxygens (including phenoxy) is 2. The summed E-state index contributed by atoms with van der Waals surface area (Å²) >= 11 is 0. The van der Waals surface area contributed by atoms with Crippen molar-refractivity contribution in [1.82, 2.24) is 10.2 Å². The van der Waals surface area contributed by atoms with Crippen LogP contribution in [0.25, 0.3) is 10.8 Å². The summed E-state index contributed by atoms with van der Waals surface area (Å²) in [6.07, 6.45) is 1.09. The number of morpholine rings is 1. The predicted molar refractivity (Wildman–Crippen MR) is 118 cm³/mol. The van der Waals surface area contributed by atoms with Crippen LogP contribution in [-0.4, -0.2) is 44.3 Å². The maximum absolute atomic E-state index is 14.0. The summed E-state index contributed by atoms with van der Waals surface area (Å²) in [6.45, 7) is 6.69. The van der Waals surface area contributed by atoms with Gasteiger partial charge in [-0.15, -0.1) is 0 Å². The Morgan fingerprint density at radius 3 is 2.50 bits per heavy atom. The zero-order valence-corrected chi connectivity index (χ0v) is 19.5. The summed E-state index contributed by atoms with van der Waals surface area (Å²) in [6, 6.07) is 19.1. The molecular weight excluding hydrogens is 450 g/mol. The number of hydrogen-bond donors (Lipinski definition) is 1. The predicted octanol–water partition coefficient (Wildman–Crippen LogP) is -1.62. The number of nitrogens with zero attached hydrogens (tertiary/aromatic N) is 1. The number of nitrogens with one attached hydrogen (secondary N) is 1. The number of rotatable bonds is 9. The highest BCUT2D eigenvalue weighted by atomic mass is 35.5. The molecule has 1 heterocycles. The Kier molecular flexibility index (Phi) is 11.2. The lowest BCUT2D eigenvalue weighted by atomic mass is 10.0. The molecule has 174 valence electrons. The second-order valence-corrected chi connectivity index (χ2v) is 7.63. The Hall–Kier alpha value is -1.89. The maximum Gasteiger partial charge on any atom is 0.129 e. The van der Waals surface area contributed by atoms with Crippen molar-refractivity contribution >= 4 is 10.8 Å². The van der Waals surface area contributed by atoms with Gasteiger partial charge in [-0.3, -0.25) is 4.90 Å². The molecule has 32 heavy (non-hydrogen) atoms. The summed E-state index contributed by atoms with van der Waals surface area (Å²) in [7, 11) is 0. The monoisotopic (exact) mass is 478 g/mol. The van der Waals surface area contributed by atoms with Gasteiger partial charge in [0.05, 0.1) is 13.2 Å². The van der Waals surface area contributed by atoms with E-state index in [0.717, 1.165) is 63.7 Å². The molecule has 7 heteroatoms. The highest BCUT2D eigenvalue weighted by Crippen LogP contribution is 2.29. The topological polar surface area (TPSA) is 33.7 Å². The zero-order valence-electron chi connectivity index (χ0n) is 18.0. The average molecular weight is 479 g/mol. The van der Waals surface area contributed by atoms with Crippen LogP contribution in [0, 0.1) is 5.82 Å². The van der Waals surface area contributed by atoms with Crippen LogP contribution in [0.1, 0.15) is 17.5 Å². The zero-order chi connectivity index (χ0) is 20.6. The van der Waals surface area contributed by atoms with Crippen LogP contribution >= 0.6 is 0 Å². The van der Waals surface area contributed by atoms with E-state index >= 15 is 0 Å². The Morgan fingerprint density at radius 1 is 0.938 bits per heavy atom. The fourth-order valence-corrected chi connectivity index (χ4v) is 3.87. The lowest BCUT2D eigenvalue weighted by Crippen LogP contribution is -3.00. The quantitative estimate of drug-likeness (QED) is 0.375. The number of hydrogen-bond acceptors (Lipinski definition) is 4. The number of benzene rings is 3. The van der Waals surface area contributed by atoms with E-state index in [1.54, 1.807) is 12.1 Å². The summed E-state index contributed by atoms with van der Waals surface area (Å²) in [5.74, 6) is 0.568. The molecule has 0 radical (unpaired) electrons. The molecule has 0 unspecified atom stereocenters. The van der Waals surface area contributed by atoms with E-state index < -0.39 is 0 Å². The first-order valence-corrected chi connectivity index (χ1v) is 10.7. The number of halogens is 3. The molecule has 0 bridgehead atoms. The van der Waals surface area contributed by atoms with E-state index in [9.17, 15) is 4.39 Å². The molecule has 0 aromatic heterocycles. The van der Waals surface area contributed by atoms with Crippen LogP contribution in [0.15, 0.2) is 60.7 Å². The minimum absolute atomic E-state index is 0. The van der Waals surface area contributed by atoms with E-state index in [1.165, 1.54) is 16.8 Å². The highest BCUT2D eigenvalue weighted by Gasteiger charge is 2.12. The molecule has 1 saturated heterocycles.